The van der Waals surface area contributed by atoms with Gasteiger partial charge >= 0.3 is 10.4 Å². The smallest absolute Gasteiger partial charge is 0.303 e. The van der Waals surface area contributed by atoms with Gasteiger partial charge < -0.3 is 9.80 Å². The molecule has 7 heteroatoms. The minimum Gasteiger partial charge on any atom is -0.303 e. The fraction of sp³-hybridized carbons (Fsp3) is 1.00. The molecule has 0 aromatic rings. The highest BCUT2D eigenvalue weighted by Crippen LogP contribution is 2.16. The Kier molecular flexibility index (Phi) is 42.8. The van der Waals surface area contributed by atoms with Crippen molar-refractivity contribution in [3.8, 4) is 0 Å². The molecule has 0 saturated carbocycles. The molecule has 2 rings (SSSR count). The molecule has 2 N–H and O–H groups in total. The zero-order valence-electron chi connectivity index (χ0n) is 36.1. The number of hydrogen-bond acceptors (Lipinski definition) is 4. The third-order valence-electron chi connectivity index (χ3n) is 11.6. The first-order valence-corrected chi connectivity index (χ1v) is 25.4. The van der Waals surface area contributed by atoms with Crippen molar-refractivity contribution >= 4 is 10.4 Å². The van der Waals surface area contributed by atoms with Gasteiger partial charge in [-0.3, -0.25) is 9.11 Å². The first-order valence-electron chi connectivity index (χ1n) is 24.0. The zero-order valence-corrected chi connectivity index (χ0v) is 36.9. The van der Waals surface area contributed by atoms with E-state index in [-0.39, 0.29) is 0 Å². The van der Waals surface area contributed by atoms with Crippen molar-refractivity contribution in [2.75, 3.05) is 39.3 Å². The molecule has 0 bridgehead atoms. The molecule has 2 aliphatic heterocycles. The third-order valence-corrected chi connectivity index (χ3v) is 11.6. The van der Waals surface area contributed by atoms with Crippen molar-refractivity contribution in [2.45, 2.75) is 258 Å². The van der Waals surface area contributed by atoms with Crippen molar-refractivity contribution in [1.82, 2.24) is 9.80 Å². The summed E-state index contributed by atoms with van der Waals surface area (Å²) in [5, 5.41) is 0. The van der Waals surface area contributed by atoms with E-state index in [4.69, 9.17) is 17.5 Å². The van der Waals surface area contributed by atoms with Crippen LogP contribution in [0.3, 0.4) is 0 Å². The highest BCUT2D eigenvalue weighted by Gasteiger charge is 2.09. The number of hydrogen-bond donors (Lipinski definition) is 2. The van der Waals surface area contributed by atoms with E-state index in [1.807, 2.05) is 0 Å². The number of unbranched alkanes of at least 4 members (excludes halogenated alkanes) is 30. The summed E-state index contributed by atoms with van der Waals surface area (Å²) in [7, 11) is -4.67. The maximum atomic E-state index is 8.74. The van der Waals surface area contributed by atoms with Gasteiger partial charge in [-0.15, -0.1) is 0 Å². The van der Waals surface area contributed by atoms with Crippen LogP contribution in [0.5, 0.6) is 0 Å². The van der Waals surface area contributed by atoms with Crippen LogP contribution in [-0.2, 0) is 10.4 Å². The van der Waals surface area contributed by atoms with Crippen molar-refractivity contribution in [3.63, 3.8) is 0 Å². The zero-order chi connectivity index (χ0) is 38.8. The second-order valence-corrected chi connectivity index (χ2v) is 17.8. The average Bonchev–Trinajstić information content (AvgIpc) is 3.15. The van der Waals surface area contributed by atoms with Crippen LogP contribution >= 0.6 is 0 Å². The number of piperidine rings is 2. The maximum absolute atomic E-state index is 8.74. The minimum atomic E-state index is -4.67. The van der Waals surface area contributed by atoms with Crippen molar-refractivity contribution in [1.29, 1.82) is 0 Å². The van der Waals surface area contributed by atoms with Gasteiger partial charge in [-0.05, 0) is 77.8 Å². The normalized spacial score (nSPS) is 15.5. The number of likely N-dealkylation sites (tertiary alicyclic amines) is 2. The molecule has 320 valence electrons. The Balaban J connectivity index is 0.000000904. The molecular weight excluding hydrogens is 677 g/mol. The first kappa shape index (κ1) is 52.8. The Morgan fingerprint density at radius 3 is 0.679 bits per heavy atom. The van der Waals surface area contributed by atoms with E-state index >= 15 is 0 Å². The first-order chi connectivity index (χ1) is 25.9. The lowest BCUT2D eigenvalue weighted by atomic mass is 10.0. The van der Waals surface area contributed by atoms with E-state index in [1.54, 1.807) is 0 Å². The second-order valence-electron chi connectivity index (χ2n) is 16.9. The van der Waals surface area contributed by atoms with Crippen molar-refractivity contribution in [3.05, 3.63) is 0 Å². The molecule has 2 aliphatic rings. The summed E-state index contributed by atoms with van der Waals surface area (Å²) in [6.45, 7) is 12.8. The van der Waals surface area contributed by atoms with Gasteiger partial charge in [-0.2, -0.15) is 8.42 Å². The fourth-order valence-corrected chi connectivity index (χ4v) is 8.13. The second kappa shape index (κ2) is 42.9. The molecule has 53 heavy (non-hydrogen) atoms. The summed E-state index contributed by atoms with van der Waals surface area (Å²) >= 11 is 0. The molecule has 2 fully saturated rings. The molecule has 0 spiro atoms. The Hall–Kier alpha value is -0.210. The highest BCUT2D eigenvalue weighted by atomic mass is 32.3. The standard InChI is InChI=1S/2C23H47N.H2O4S/c2*1-2-3-4-5-6-7-8-9-10-11-12-13-14-15-16-18-21-24-22-19-17-20-23-24;1-5(2,3)4/h2*2-23H2,1H3;(H2,1,2,3,4). The van der Waals surface area contributed by atoms with E-state index in [1.165, 1.54) is 283 Å². The number of rotatable bonds is 34. The van der Waals surface area contributed by atoms with Gasteiger partial charge in [0.15, 0.2) is 0 Å². The summed E-state index contributed by atoms with van der Waals surface area (Å²) in [5.74, 6) is 0. The molecule has 2 saturated heterocycles. The molecule has 2 heterocycles. The predicted octanol–water partition coefficient (Wildman–Crippen LogP) is 14.8. The quantitative estimate of drug-likeness (QED) is 0.0501. The van der Waals surface area contributed by atoms with Crippen LogP contribution in [0, 0.1) is 0 Å². The van der Waals surface area contributed by atoms with Gasteiger partial charge in [-0.1, -0.05) is 219 Å². The van der Waals surface area contributed by atoms with Crippen LogP contribution in [0.15, 0.2) is 0 Å². The van der Waals surface area contributed by atoms with Gasteiger partial charge in [0.2, 0.25) is 0 Å². The van der Waals surface area contributed by atoms with E-state index in [2.05, 4.69) is 23.6 Å². The molecular formula is C46H96N2O4S. The topological polar surface area (TPSA) is 81.1 Å². The summed E-state index contributed by atoms with van der Waals surface area (Å²) < 4.78 is 31.6. The Bertz CT molecular complexity index is 726. The molecule has 0 radical (unpaired) electrons. The largest absolute Gasteiger partial charge is 0.394 e. The summed E-state index contributed by atoms with van der Waals surface area (Å²) in [6.07, 6.45) is 55.8. The van der Waals surface area contributed by atoms with Gasteiger partial charge in [0.1, 0.15) is 0 Å². The lowest BCUT2D eigenvalue weighted by Gasteiger charge is -2.26. The van der Waals surface area contributed by atoms with Gasteiger partial charge in [0.05, 0.1) is 0 Å². The molecule has 0 aromatic carbocycles. The number of nitrogens with zero attached hydrogens (tertiary/aromatic N) is 2. The Morgan fingerprint density at radius 1 is 0.321 bits per heavy atom. The van der Waals surface area contributed by atoms with E-state index in [0.717, 1.165) is 0 Å². The SMILES string of the molecule is CCCCCCCCCCCCCCCCCCN1CCCCC1.CCCCCCCCCCCCCCCCCCN1CCCCC1.O=S(=O)(O)O. The summed E-state index contributed by atoms with van der Waals surface area (Å²) in [4.78, 5) is 5.38. The van der Waals surface area contributed by atoms with Crippen LogP contribution in [0.25, 0.3) is 0 Å². The lowest BCUT2D eigenvalue weighted by molar-refractivity contribution is 0.224. The van der Waals surface area contributed by atoms with Crippen LogP contribution in [0.1, 0.15) is 258 Å². The molecule has 6 nitrogen and oxygen atoms in total. The van der Waals surface area contributed by atoms with Crippen molar-refractivity contribution < 1.29 is 17.5 Å². The Labute approximate surface area is 333 Å². The van der Waals surface area contributed by atoms with Crippen molar-refractivity contribution in [2.24, 2.45) is 0 Å². The molecule has 0 aromatic heterocycles. The van der Waals surface area contributed by atoms with Gasteiger partial charge in [-0.25, -0.2) is 0 Å². The summed E-state index contributed by atoms with van der Waals surface area (Å²) in [6, 6.07) is 0. The van der Waals surface area contributed by atoms with Gasteiger partial charge in [0.25, 0.3) is 0 Å². The predicted molar refractivity (Wildman–Crippen MR) is 234 cm³/mol. The van der Waals surface area contributed by atoms with Crippen LogP contribution in [-0.4, -0.2) is 66.6 Å². The van der Waals surface area contributed by atoms with E-state index in [0.29, 0.717) is 0 Å². The maximum Gasteiger partial charge on any atom is 0.394 e. The molecule has 0 unspecified atom stereocenters. The lowest BCUT2D eigenvalue weighted by Crippen LogP contribution is -2.30. The molecule has 0 atom stereocenters. The monoisotopic (exact) mass is 773 g/mol. The minimum absolute atomic E-state index is 1.37. The van der Waals surface area contributed by atoms with E-state index < -0.39 is 10.4 Å². The highest BCUT2D eigenvalue weighted by molar-refractivity contribution is 7.79. The summed E-state index contributed by atoms with van der Waals surface area (Å²) in [5.41, 5.74) is 0. The Morgan fingerprint density at radius 2 is 0.491 bits per heavy atom. The molecule has 0 aliphatic carbocycles. The van der Waals surface area contributed by atoms with Crippen LogP contribution in [0.4, 0.5) is 0 Å². The van der Waals surface area contributed by atoms with Gasteiger partial charge in [0, 0.05) is 0 Å². The average molecular weight is 773 g/mol. The van der Waals surface area contributed by atoms with Crippen LogP contribution < -0.4 is 0 Å². The third kappa shape index (κ3) is 47.9. The van der Waals surface area contributed by atoms with E-state index in [9.17, 15) is 0 Å². The fourth-order valence-electron chi connectivity index (χ4n) is 8.13. The van der Waals surface area contributed by atoms with Crippen LogP contribution in [0.2, 0.25) is 0 Å². The molecule has 0 amide bonds.